The maximum atomic E-state index is 13.6. The van der Waals surface area contributed by atoms with Gasteiger partial charge in [-0.1, -0.05) is 6.92 Å². The fourth-order valence-corrected chi connectivity index (χ4v) is 2.93. The molecule has 22 heavy (non-hydrogen) atoms. The molecule has 0 atom stereocenters. The number of carbonyl (C=O) groups excluding carboxylic acids is 1. The average Bonchev–Trinajstić information content (AvgIpc) is 2.51. The van der Waals surface area contributed by atoms with Crippen LogP contribution in [0.5, 0.6) is 0 Å². The zero-order chi connectivity index (χ0) is 16.1. The van der Waals surface area contributed by atoms with Crippen LogP contribution in [0.2, 0.25) is 0 Å². The van der Waals surface area contributed by atoms with Crippen LogP contribution >= 0.6 is 0 Å². The molecule has 1 saturated heterocycles. The Hall–Kier alpha value is -1.78. The second-order valence-corrected chi connectivity index (χ2v) is 6.05. The third kappa shape index (κ3) is 4.12. The highest BCUT2D eigenvalue weighted by Crippen LogP contribution is 2.24. The molecule has 1 fully saturated rings. The molecule has 0 unspecified atom stereocenters. The minimum atomic E-state index is -0.196. The summed E-state index contributed by atoms with van der Waals surface area (Å²) in [4.78, 5) is 16.0. The van der Waals surface area contributed by atoms with Gasteiger partial charge in [0, 0.05) is 38.4 Å². The molecule has 1 aliphatic rings. The Labute approximate surface area is 132 Å². The first-order valence-corrected chi connectivity index (χ1v) is 8.04. The van der Waals surface area contributed by atoms with Crippen molar-refractivity contribution < 1.29 is 9.18 Å². The number of aryl methyl sites for hydroxylation is 1. The van der Waals surface area contributed by atoms with E-state index in [-0.39, 0.29) is 11.8 Å². The van der Waals surface area contributed by atoms with E-state index in [1.165, 1.54) is 6.07 Å². The summed E-state index contributed by atoms with van der Waals surface area (Å²) < 4.78 is 13.6. The van der Waals surface area contributed by atoms with Crippen LogP contribution in [0.25, 0.3) is 0 Å². The number of benzene rings is 1. The molecule has 1 heterocycles. The quantitative estimate of drug-likeness (QED) is 0.927. The number of rotatable bonds is 4. The molecule has 4 nitrogen and oxygen atoms in total. The molecular weight excluding hydrogens is 281 g/mol. The molecule has 2 rings (SSSR count). The van der Waals surface area contributed by atoms with Crippen LogP contribution in [0.3, 0.4) is 0 Å². The number of carbonyl (C=O) groups is 1. The van der Waals surface area contributed by atoms with Gasteiger partial charge in [0.25, 0.3) is 0 Å². The summed E-state index contributed by atoms with van der Waals surface area (Å²) in [5.41, 5.74) is 1.84. The number of halogens is 1. The monoisotopic (exact) mass is 307 g/mol. The second-order valence-electron chi connectivity index (χ2n) is 6.05. The van der Waals surface area contributed by atoms with Crippen LogP contribution in [0.1, 0.15) is 31.7 Å². The van der Waals surface area contributed by atoms with Crippen LogP contribution in [-0.2, 0) is 0 Å². The van der Waals surface area contributed by atoms with Crippen molar-refractivity contribution in [2.75, 3.05) is 31.6 Å². The van der Waals surface area contributed by atoms with Gasteiger partial charge in [-0.05, 0) is 49.9 Å². The molecule has 5 heteroatoms. The molecule has 0 radical (unpaired) electrons. The molecule has 1 aromatic rings. The SMILES string of the molecule is CCCNC(=O)N1CCC(N(C)c2cc(C)cc(F)c2)CC1. The van der Waals surface area contributed by atoms with Crippen molar-refractivity contribution in [1.82, 2.24) is 10.2 Å². The summed E-state index contributed by atoms with van der Waals surface area (Å²) in [6, 6.07) is 5.50. The van der Waals surface area contributed by atoms with Gasteiger partial charge in [-0.3, -0.25) is 0 Å². The summed E-state index contributed by atoms with van der Waals surface area (Å²) >= 11 is 0. The number of anilines is 1. The highest BCUT2D eigenvalue weighted by molar-refractivity contribution is 5.74. The van der Waals surface area contributed by atoms with Gasteiger partial charge in [-0.2, -0.15) is 0 Å². The van der Waals surface area contributed by atoms with Gasteiger partial charge in [0.15, 0.2) is 0 Å². The second kappa shape index (κ2) is 7.47. The highest BCUT2D eigenvalue weighted by Gasteiger charge is 2.25. The predicted molar refractivity (Wildman–Crippen MR) is 87.8 cm³/mol. The molecule has 1 aromatic carbocycles. The lowest BCUT2D eigenvalue weighted by molar-refractivity contribution is 0.181. The summed E-state index contributed by atoms with van der Waals surface area (Å²) in [7, 11) is 2.01. The lowest BCUT2D eigenvalue weighted by Crippen LogP contribution is -2.49. The molecule has 0 aliphatic carbocycles. The molecule has 1 aliphatic heterocycles. The Morgan fingerprint density at radius 3 is 2.64 bits per heavy atom. The largest absolute Gasteiger partial charge is 0.371 e. The van der Waals surface area contributed by atoms with E-state index in [2.05, 4.69) is 10.2 Å². The maximum Gasteiger partial charge on any atom is 0.317 e. The van der Waals surface area contributed by atoms with Gasteiger partial charge in [-0.25, -0.2) is 9.18 Å². The van der Waals surface area contributed by atoms with Crippen molar-refractivity contribution in [1.29, 1.82) is 0 Å². The average molecular weight is 307 g/mol. The lowest BCUT2D eigenvalue weighted by atomic mass is 10.0. The molecule has 2 amide bonds. The van der Waals surface area contributed by atoms with Crippen molar-refractivity contribution in [2.24, 2.45) is 0 Å². The van der Waals surface area contributed by atoms with Gasteiger partial charge < -0.3 is 15.1 Å². The Kier molecular flexibility index (Phi) is 5.63. The fourth-order valence-electron chi connectivity index (χ4n) is 2.93. The number of likely N-dealkylation sites (tertiary alicyclic amines) is 1. The first kappa shape index (κ1) is 16.6. The topological polar surface area (TPSA) is 35.6 Å². The van der Waals surface area contributed by atoms with E-state index >= 15 is 0 Å². The van der Waals surface area contributed by atoms with Crippen LogP contribution in [-0.4, -0.2) is 43.7 Å². The van der Waals surface area contributed by atoms with Gasteiger partial charge in [-0.15, -0.1) is 0 Å². The van der Waals surface area contributed by atoms with Crippen LogP contribution in [0.4, 0.5) is 14.9 Å². The zero-order valence-corrected chi connectivity index (χ0v) is 13.7. The maximum absolute atomic E-state index is 13.6. The van der Waals surface area contributed by atoms with Gasteiger partial charge in [0.05, 0.1) is 0 Å². The van der Waals surface area contributed by atoms with Crippen molar-refractivity contribution in [3.8, 4) is 0 Å². The first-order valence-electron chi connectivity index (χ1n) is 8.04. The van der Waals surface area contributed by atoms with E-state index in [1.54, 1.807) is 6.07 Å². The van der Waals surface area contributed by atoms with E-state index in [9.17, 15) is 9.18 Å². The van der Waals surface area contributed by atoms with Crippen molar-refractivity contribution in [3.63, 3.8) is 0 Å². The number of urea groups is 1. The van der Waals surface area contributed by atoms with E-state index < -0.39 is 0 Å². The number of nitrogens with one attached hydrogen (secondary N) is 1. The third-order valence-electron chi connectivity index (χ3n) is 4.26. The predicted octanol–water partition coefficient (Wildman–Crippen LogP) is 3.15. The van der Waals surface area contributed by atoms with Crippen LogP contribution in [0.15, 0.2) is 18.2 Å². The Bertz CT molecular complexity index is 492. The van der Waals surface area contributed by atoms with E-state index in [0.717, 1.165) is 50.1 Å². The van der Waals surface area contributed by atoms with E-state index in [1.807, 2.05) is 31.9 Å². The van der Waals surface area contributed by atoms with Crippen molar-refractivity contribution in [3.05, 3.63) is 29.6 Å². The molecule has 0 bridgehead atoms. The van der Waals surface area contributed by atoms with Gasteiger partial charge in [0.2, 0.25) is 0 Å². The van der Waals surface area contributed by atoms with E-state index in [4.69, 9.17) is 0 Å². The molecular formula is C17H26FN3O. The number of hydrogen-bond acceptors (Lipinski definition) is 2. The van der Waals surface area contributed by atoms with Crippen LogP contribution in [0, 0.1) is 12.7 Å². The Morgan fingerprint density at radius 2 is 2.05 bits per heavy atom. The number of nitrogens with zero attached hydrogens (tertiary/aromatic N) is 2. The summed E-state index contributed by atoms with van der Waals surface area (Å²) in [5, 5.41) is 2.92. The number of piperidine rings is 1. The van der Waals surface area contributed by atoms with Crippen LogP contribution < -0.4 is 10.2 Å². The van der Waals surface area contributed by atoms with Crippen molar-refractivity contribution in [2.45, 2.75) is 39.2 Å². The highest BCUT2D eigenvalue weighted by atomic mass is 19.1. The summed E-state index contributed by atoms with van der Waals surface area (Å²) in [6.45, 7) is 6.17. The molecule has 1 N–H and O–H groups in total. The fraction of sp³-hybridized carbons (Fsp3) is 0.588. The minimum absolute atomic E-state index is 0.0320. The normalized spacial score (nSPS) is 15.7. The smallest absolute Gasteiger partial charge is 0.317 e. The Morgan fingerprint density at radius 1 is 1.36 bits per heavy atom. The standard InChI is InChI=1S/C17H26FN3O/c1-4-7-19-17(22)21-8-5-15(6-9-21)20(3)16-11-13(2)10-14(18)12-16/h10-12,15H,4-9H2,1-3H3,(H,19,22). The van der Waals surface area contributed by atoms with Gasteiger partial charge >= 0.3 is 6.03 Å². The lowest BCUT2D eigenvalue weighted by Gasteiger charge is -2.38. The Balaban J connectivity index is 1.92. The summed E-state index contributed by atoms with van der Waals surface area (Å²) in [6.07, 6.45) is 2.76. The summed E-state index contributed by atoms with van der Waals surface area (Å²) in [5.74, 6) is -0.196. The first-order chi connectivity index (χ1) is 10.5. The number of hydrogen-bond donors (Lipinski definition) is 1. The third-order valence-corrected chi connectivity index (χ3v) is 4.26. The molecule has 0 aromatic heterocycles. The molecule has 0 spiro atoms. The molecule has 122 valence electrons. The minimum Gasteiger partial charge on any atom is -0.371 e. The molecule has 0 saturated carbocycles. The van der Waals surface area contributed by atoms with Crippen molar-refractivity contribution >= 4 is 11.7 Å². The number of amides is 2. The van der Waals surface area contributed by atoms with Gasteiger partial charge in [0.1, 0.15) is 5.82 Å². The van der Waals surface area contributed by atoms with E-state index in [0.29, 0.717) is 6.04 Å². The zero-order valence-electron chi connectivity index (χ0n) is 13.7.